The molecular formula is C12H15N3O4S2. The van der Waals surface area contributed by atoms with Crippen molar-refractivity contribution in [2.45, 2.75) is 24.1 Å². The molecule has 0 unspecified atom stereocenters. The molecule has 0 aliphatic rings. The second-order valence-corrected chi connectivity index (χ2v) is 7.45. The first kappa shape index (κ1) is 15.7. The third kappa shape index (κ3) is 3.49. The number of carboxylic acids is 1. The Morgan fingerprint density at radius 1 is 1.48 bits per heavy atom. The third-order valence-electron chi connectivity index (χ3n) is 2.84. The van der Waals surface area contributed by atoms with Gasteiger partial charge in [0, 0.05) is 25.4 Å². The molecule has 9 heteroatoms. The zero-order valence-corrected chi connectivity index (χ0v) is 13.2. The fraction of sp³-hybridized carbons (Fsp3) is 0.333. The van der Waals surface area contributed by atoms with Gasteiger partial charge in [-0.2, -0.15) is 5.10 Å². The molecule has 0 aromatic carbocycles. The quantitative estimate of drug-likeness (QED) is 0.830. The van der Waals surface area contributed by atoms with Crippen LogP contribution in [0.15, 0.2) is 22.5 Å². The molecule has 114 valence electrons. The Morgan fingerprint density at radius 3 is 2.76 bits per heavy atom. The first-order valence-electron chi connectivity index (χ1n) is 6.17. The van der Waals surface area contributed by atoms with Crippen LogP contribution in [0.4, 0.5) is 0 Å². The van der Waals surface area contributed by atoms with Gasteiger partial charge >= 0.3 is 5.97 Å². The van der Waals surface area contributed by atoms with E-state index in [1.165, 1.54) is 12.1 Å². The van der Waals surface area contributed by atoms with Crippen molar-refractivity contribution in [3.8, 4) is 0 Å². The minimum atomic E-state index is -3.72. The maximum absolute atomic E-state index is 12.1. The molecule has 0 saturated carbocycles. The summed E-state index contributed by atoms with van der Waals surface area (Å²) in [6.45, 7) is 2.07. The number of rotatable bonds is 6. The number of nitrogens with zero attached hydrogens (tertiary/aromatic N) is 2. The Bertz CT molecular complexity index is 761. The highest BCUT2D eigenvalue weighted by molar-refractivity contribution is 7.91. The Labute approximate surface area is 126 Å². The summed E-state index contributed by atoms with van der Waals surface area (Å²) in [7, 11) is -1.95. The highest BCUT2D eigenvalue weighted by Gasteiger charge is 2.19. The number of thiophene rings is 1. The molecule has 0 amide bonds. The number of aromatic nitrogens is 2. The minimum Gasteiger partial charge on any atom is -0.477 e. The number of hydrogen-bond donors (Lipinski definition) is 2. The predicted octanol–water partition coefficient (Wildman–Crippen LogP) is 1.22. The first-order valence-corrected chi connectivity index (χ1v) is 8.47. The summed E-state index contributed by atoms with van der Waals surface area (Å²) in [6, 6.07) is 2.57. The lowest BCUT2D eigenvalue weighted by atomic mass is 10.2. The van der Waals surface area contributed by atoms with Gasteiger partial charge in [0.2, 0.25) is 10.0 Å². The topological polar surface area (TPSA) is 101 Å². The van der Waals surface area contributed by atoms with Gasteiger partial charge < -0.3 is 5.11 Å². The summed E-state index contributed by atoms with van der Waals surface area (Å²) in [6.07, 6.45) is 2.47. The largest absolute Gasteiger partial charge is 0.477 e. The van der Waals surface area contributed by atoms with Gasteiger partial charge in [-0.15, -0.1) is 11.3 Å². The Balaban J connectivity index is 2.15. The number of nitrogens with one attached hydrogen (secondary N) is 1. The van der Waals surface area contributed by atoms with Crippen LogP contribution in [0.2, 0.25) is 0 Å². The van der Waals surface area contributed by atoms with Gasteiger partial charge in [-0.05, 0) is 18.6 Å². The van der Waals surface area contributed by atoms with Crippen molar-refractivity contribution in [3.05, 3.63) is 34.5 Å². The van der Waals surface area contributed by atoms with Crippen LogP contribution < -0.4 is 4.72 Å². The molecule has 0 spiro atoms. The monoisotopic (exact) mass is 329 g/mol. The molecule has 2 aromatic heterocycles. The highest BCUT2D eigenvalue weighted by Crippen LogP contribution is 2.21. The van der Waals surface area contributed by atoms with Gasteiger partial charge in [0.15, 0.2) is 0 Å². The van der Waals surface area contributed by atoms with Crippen molar-refractivity contribution < 1.29 is 18.3 Å². The zero-order chi connectivity index (χ0) is 15.6. The first-order chi connectivity index (χ1) is 9.83. The van der Waals surface area contributed by atoms with Crippen LogP contribution in [0.5, 0.6) is 0 Å². The molecule has 2 rings (SSSR count). The van der Waals surface area contributed by atoms with Crippen molar-refractivity contribution >= 4 is 27.3 Å². The molecule has 7 nitrogen and oxygen atoms in total. The molecule has 0 radical (unpaired) electrons. The molecule has 0 bridgehead atoms. The second kappa shape index (κ2) is 5.96. The van der Waals surface area contributed by atoms with Gasteiger partial charge in [-0.1, -0.05) is 6.92 Å². The van der Waals surface area contributed by atoms with Gasteiger partial charge in [0.05, 0.1) is 5.69 Å². The van der Waals surface area contributed by atoms with Gasteiger partial charge in [-0.3, -0.25) is 4.68 Å². The lowest BCUT2D eigenvalue weighted by molar-refractivity contribution is 0.0702. The summed E-state index contributed by atoms with van der Waals surface area (Å²) in [5.74, 6) is -1.14. The number of sulfonamides is 1. The van der Waals surface area contributed by atoms with Crippen LogP contribution in [-0.2, 0) is 30.0 Å². The van der Waals surface area contributed by atoms with Gasteiger partial charge in [0.25, 0.3) is 0 Å². The van der Waals surface area contributed by atoms with Crippen molar-refractivity contribution in [2.75, 3.05) is 0 Å². The highest BCUT2D eigenvalue weighted by atomic mass is 32.2. The molecular weight excluding hydrogens is 314 g/mol. The SMILES string of the molecule is CCc1nn(C)cc1CNS(=O)(=O)c1ccc(C(=O)O)s1. The predicted molar refractivity (Wildman–Crippen MR) is 77.9 cm³/mol. The van der Waals surface area contributed by atoms with E-state index >= 15 is 0 Å². The van der Waals surface area contributed by atoms with Crippen LogP contribution in [0.3, 0.4) is 0 Å². The fourth-order valence-corrected chi connectivity index (χ4v) is 4.05. The molecule has 0 atom stereocenters. The maximum atomic E-state index is 12.1. The van der Waals surface area contributed by atoms with Crippen LogP contribution in [0, 0.1) is 0 Å². The van der Waals surface area contributed by atoms with E-state index in [2.05, 4.69) is 9.82 Å². The number of carboxylic acid groups (broad SMARTS) is 1. The average Bonchev–Trinajstić information content (AvgIpc) is 3.03. The number of carbonyl (C=O) groups is 1. The average molecular weight is 329 g/mol. The Kier molecular flexibility index (Phi) is 4.45. The van der Waals surface area contributed by atoms with E-state index < -0.39 is 16.0 Å². The lowest BCUT2D eigenvalue weighted by Gasteiger charge is -2.04. The fourth-order valence-electron chi connectivity index (χ4n) is 1.85. The zero-order valence-electron chi connectivity index (χ0n) is 11.5. The third-order valence-corrected chi connectivity index (χ3v) is 5.80. The van der Waals surface area contributed by atoms with E-state index in [1.807, 2.05) is 6.92 Å². The minimum absolute atomic E-state index is 0.00833. The van der Waals surface area contributed by atoms with E-state index in [-0.39, 0.29) is 15.6 Å². The molecule has 0 saturated heterocycles. The van der Waals surface area contributed by atoms with Crippen molar-refractivity contribution in [1.82, 2.24) is 14.5 Å². The van der Waals surface area contributed by atoms with E-state index in [1.54, 1.807) is 17.9 Å². The molecule has 2 heterocycles. The van der Waals surface area contributed by atoms with Crippen LogP contribution in [-0.4, -0.2) is 29.3 Å². The van der Waals surface area contributed by atoms with Crippen molar-refractivity contribution in [3.63, 3.8) is 0 Å². The summed E-state index contributed by atoms with van der Waals surface area (Å²) >= 11 is 0.727. The number of aryl methyl sites for hydroxylation is 2. The van der Waals surface area contributed by atoms with E-state index in [0.29, 0.717) is 6.42 Å². The normalized spacial score (nSPS) is 11.7. The van der Waals surface area contributed by atoms with Crippen LogP contribution >= 0.6 is 11.3 Å². The smallest absolute Gasteiger partial charge is 0.345 e. The summed E-state index contributed by atoms with van der Waals surface area (Å²) in [5.41, 5.74) is 1.64. The number of aromatic carboxylic acids is 1. The standard InChI is InChI=1S/C12H15N3O4S2/c1-3-9-8(7-15(2)14-9)6-13-21(18,19)11-5-4-10(20-11)12(16)17/h4-5,7,13H,3,6H2,1-2H3,(H,16,17). The second-order valence-electron chi connectivity index (χ2n) is 4.38. The Hall–Kier alpha value is -1.71. The summed E-state index contributed by atoms with van der Waals surface area (Å²) in [4.78, 5) is 10.8. The molecule has 21 heavy (non-hydrogen) atoms. The molecule has 0 aliphatic heterocycles. The van der Waals surface area contributed by atoms with Crippen molar-refractivity contribution in [2.24, 2.45) is 7.05 Å². The molecule has 0 aliphatic carbocycles. The maximum Gasteiger partial charge on any atom is 0.345 e. The summed E-state index contributed by atoms with van der Waals surface area (Å²) in [5, 5.41) is 13.1. The van der Waals surface area contributed by atoms with E-state index in [4.69, 9.17) is 5.11 Å². The van der Waals surface area contributed by atoms with Crippen LogP contribution in [0.1, 0.15) is 27.9 Å². The van der Waals surface area contributed by atoms with E-state index in [9.17, 15) is 13.2 Å². The Morgan fingerprint density at radius 2 is 2.19 bits per heavy atom. The number of hydrogen-bond acceptors (Lipinski definition) is 5. The van der Waals surface area contributed by atoms with E-state index in [0.717, 1.165) is 22.6 Å². The summed E-state index contributed by atoms with van der Waals surface area (Å²) < 4.78 is 28.3. The lowest BCUT2D eigenvalue weighted by Crippen LogP contribution is -2.22. The molecule has 2 N–H and O–H groups in total. The van der Waals surface area contributed by atoms with Crippen LogP contribution in [0.25, 0.3) is 0 Å². The van der Waals surface area contributed by atoms with Gasteiger partial charge in [-0.25, -0.2) is 17.9 Å². The van der Waals surface area contributed by atoms with Gasteiger partial charge in [0.1, 0.15) is 9.09 Å². The molecule has 0 fully saturated rings. The van der Waals surface area contributed by atoms with Crippen molar-refractivity contribution in [1.29, 1.82) is 0 Å². The molecule has 2 aromatic rings.